The average Bonchev–Trinajstić information content (AvgIpc) is 2.48. The molecule has 1 amide bonds. The maximum absolute atomic E-state index is 12.2. The molecule has 2 aromatic rings. The van der Waals surface area contributed by atoms with Gasteiger partial charge in [0.1, 0.15) is 0 Å². The van der Waals surface area contributed by atoms with Crippen molar-refractivity contribution in [3.63, 3.8) is 0 Å². The summed E-state index contributed by atoms with van der Waals surface area (Å²) in [6.45, 7) is 2.42. The maximum atomic E-state index is 12.2. The molecule has 0 atom stereocenters. The lowest BCUT2D eigenvalue weighted by molar-refractivity contribution is 0.102. The number of nitrogens with one attached hydrogen (secondary N) is 1. The van der Waals surface area contributed by atoms with Gasteiger partial charge in [-0.15, -0.1) is 0 Å². The molecule has 0 aliphatic heterocycles. The molecule has 1 N–H and O–H groups in total. The highest BCUT2D eigenvalue weighted by Crippen LogP contribution is 2.30. The van der Waals surface area contributed by atoms with Crippen LogP contribution in [0.1, 0.15) is 17.3 Å². The molecule has 110 valence electrons. The highest BCUT2D eigenvalue weighted by molar-refractivity contribution is 9.10. The number of hydrogen-bond acceptors (Lipinski definition) is 3. The molecule has 0 unspecified atom stereocenters. The number of hydrogen-bond donors (Lipinski definition) is 1. The molecule has 0 fully saturated rings. The fraction of sp³-hybridized carbons (Fsp3) is 0.188. The van der Waals surface area contributed by atoms with Crippen LogP contribution in [0.15, 0.2) is 46.9 Å². The minimum atomic E-state index is -0.185. The van der Waals surface area contributed by atoms with Crippen LogP contribution in [0.2, 0.25) is 0 Å². The van der Waals surface area contributed by atoms with E-state index in [1.807, 2.05) is 25.1 Å². The van der Waals surface area contributed by atoms with Crippen molar-refractivity contribution in [2.24, 2.45) is 0 Å². The summed E-state index contributed by atoms with van der Waals surface area (Å²) in [7, 11) is 1.58. The number of carbonyl (C=O) groups excluding carboxylic acids is 1. The van der Waals surface area contributed by atoms with Crippen LogP contribution in [0, 0.1) is 0 Å². The molecular formula is C16H16BrNO3. The van der Waals surface area contributed by atoms with Crippen molar-refractivity contribution in [2.45, 2.75) is 6.92 Å². The quantitative estimate of drug-likeness (QED) is 0.883. The normalized spacial score (nSPS) is 10.0. The van der Waals surface area contributed by atoms with E-state index in [4.69, 9.17) is 9.47 Å². The van der Waals surface area contributed by atoms with Crippen LogP contribution < -0.4 is 14.8 Å². The van der Waals surface area contributed by atoms with Crippen LogP contribution in [0.4, 0.5) is 5.69 Å². The van der Waals surface area contributed by atoms with E-state index in [2.05, 4.69) is 21.2 Å². The Bertz CT molecular complexity index is 643. The van der Waals surface area contributed by atoms with Crippen LogP contribution >= 0.6 is 15.9 Å². The zero-order chi connectivity index (χ0) is 15.2. The molecule has 0 spiro atoms. The molecule has 2 rings (SSSR count). The molecule has 0 saturated heterocycles. The van der Waals surface area contributed by atoms with E-state index in [1.165, 1.54) is 0 Å². The van der Waals surface area contributed by atoms with Crippen molar-refractivity contribution in [3.05, 3.63) is 52.5 Å². The Kier molecular flexibility index (Phi) is 5.22. The molecule has 21 heavy (non-hydrogen) atoms. The smallest absolute Gasteiger partial charge is 0.256 e. The second-order valence-corrected chi connectivity index (χ2v) is 5.09. The first-order chi connectivity index (χ1) is 10.2. The third kappa shape index (κ3) is 3.76. The molecular weight excluding hydrogens is 334 g/mol. The molecule has 0 aromatic heterocycles. The lowest BCUT2D eigenvalue weighted by atomic mass is 10.2. The summed E-state index contributed by atoms with van der Waals surface area (Å²) < 4.78 is 11.5. The largest absolute Gasteiger partial charge is 0.493 e. The van der Waals surface area contributed by atoms with E-state index in [9.17, 15) is 4.79 Å². The lowest BCUT2D eigenvalue weighted by Gasteiger charge is -2.12. The van der Waals surface area contributed by atoms with Gasteiger partial charge in [-0.3, -0.25) is 4.79 Å². The van der Waals surface area contributed by atoms with Crippen LogP contribution in [-0.4, -0.2) is 19.6 Å². The van der Waals surface area contributed by atoms with Gasteiger partial charge in [0.05, 0.1) is 19.3 Å². The molecule has 0 aliphatic rings. The molecule has 0 bridgehead atoms. The third-order valence-corrected chi connectivity index (χ3v) is 3.53. The van der Waals surface area contributed by atoms with Crippen LogP contribution in [0.25, 0.3) is 0 Å². The van der Waals surface area contributed by atoms with Gasteiger partial charge < -0.3 is 14.8 Å². The topological polar surface area (TPSA) is 47.6 Å². The van der Waals surface area contributed by atoms with E-state index >= 15 is 0 Å². The molecule has 5 heteroatoms. The summed E-state index contributed by atoms with van der Waals surface area (Å²) in [5, 5.41) is 2.84. The van der Waals surface area contributed by atoms with Crippen molar-refractivity contribution in [2.75, 3.05) is 19.0 Å². The van der Waals surface area contributed by atoms with Gasteiger partial charge in [-0.2, -0.15) is 0 Å². The monoisotopic (exact) mass is 349 g/mol. The van der Waals surface area contributed by atoms with Crippen molar-refractivity contribution >= 4 is 27.5 Å². The van der Waals surface area contributed by atoms with Gasteiger partial charge in [0, 0.05) is 16.2 Å². The molecule has 0 aliphatic carbocycles. The number of ether oxygens (including phenoxy) is 2. The standard InChI is InChI=1S/C16H16BrNO3/c1-3-21-15-10-11(8-9-14(15)20-2)18-16(19)12-6-4-5-7-13(12)17/h4-10H,3H2,1-2H3,(H,18,19). The summed E-state index contributed by atoms with van der Waals surface area (Å²) in [5.41, 5.74) is 1.23. The summed E-state index contributed by atoms with van der Waals surface area (Å²) >= 11 is 3.37. The lowest BCUT2D eigenvalue weighted by Crippen LogP contribution is -2.12. The second kappa shape index (κ2) is 7.13. The Morgan fingerprint density at radius 3 is 2.62 bits per heavy atom. The molecule has 4 nitrogen and oxygen atoms in total. The van der Waals surface area contributed by atoms with Gasteiger partial charge in [-0.05, 0) is 47.1 Å². The Balaban J connectivity index is 2.21. The fourth-order valence-corrected chi connectivity index (χ4v) is 2.33. The zero-order valence-electron chi connectivity index (χ0n) is 11.9. The van der Waals surface area contributed by atoms with Crippen molar-refractivity contribution in [1.82, 2.24) is 0 Å². The minimum Gasteiger partial charge on any atom is -0.493 e. The molecule has 2 aromatic carbocycles. The van der Waals surface area contributed by atoms with Crippen molar-refractivity contribution in [1.29, 1.82) is 0 Å². The number of methoxy groups -OCH3 is 1. The van der Waals surface area contributed by atoms with Gasteiger partial charge in [0.2, 0.25) is 0 Å². The first-order valence-electron chi connectivity index (χ1n) is 6.52. The predicted molar refractivity (Wildman–Crippen MR) is 86.3 cm³/mol. The number of amides is 1. The first kappa shape index (κ1) is 15.4. The van der Waals surface area contributed by atoms with E-state index in [1.54, 1.807) is 31.4 Å². The maximum Gasteiger partial charge on any atom is 0.256 e. The zero-order valence-corrected chi connectivity index (χ0v) is 13.4. The van der Waals surface area contributed by atoms with Crippen molar-refractivity contribution in [3.8, 4) is 11.5 Å². The summed E-state index contributed by atoms with van der Waals surface area (Å²) in [6, 6.07) is 12.6. The SMILES string of the molecule is CCOc1cc(NC(=O)c2ccccc2Br)ccc1OC. The van der Waals surface area contributed by atoms with Gasteiger partial charge in [-0.25, -0.2) is 0 Å². The van der Waals surface area contributed by atoms with E-state index in [-0.39, 0.29) is 5.91 Å². The van der Waals surface area contributed by atoms with E-state index in [0.29, 0.717) is 29.4 Å². The fourth-order valence-electron chi connectivity index (χ4n) is 1.87. The van der Waals surface area contributed by atoms with Gasteiger partial charge >= 0.3 is 0 Å². The molecule has 0 heterocycles. The third-order valence-electron chi connectivity index (χ3n) is 2.84. The Hall–Kier alpha value is -2.01. The summed E-state index contributed by atoms with van der Waals surface area (Å²) in [6.07, 6.45) is 0. The Morgan fingerprint density at radius 2 is 1.95 bits per heavy atom. The van der Waals surface area contributed by atoms with Crippen LogP contribution in [-0.2, 0) is 0 Å². The van der Waals surface area contributed by atoms with E-state index < -0.39 is 0 Å². The molecule has 0 saturated carbocycles. The number of benzene rings is 2. The van der Waals surface area contributed by atoms with E-state index in [0.717, 1.165) is 4.47 Å². The summed E-state index contributed by atoms with van der Waals surface area (Å²) in [5.74, 6) is 1.05. The highest BCUT2D eigenvalue weighted by atomic mass is 79.9. The minimum absolute atomic E-state index is 0.185. The van der Waals surface area contributed by atoms with Gasteiger partial charge in [0.15, 0.2) is 11.5 Å². The molecule has 0 radical (unpaired) electrons. The Morgan fingerprint density at radius 1 is 1.19 bits per heavy atom. The number of halogens is 1. The second-order valence-electron chi connectivity index (χ2n) is 4.23. The van der Waals surface area contributed by atoms with Gasteiger partial charge in [-0.1, -0.05) is 12.1 Å². The summed E-state index contributed by atoms with van der Waals surface area (Å²) in [4.78, 5) is 12.2. The average molecular weight is 350 g/mol. The predicted octanol–water partition coefficient (Wildman–Crippen LogP) is 4.11. The number of rotatable bonds is 5. The van der Waals surface area contributed by atoms with Crippen LogP contribution in [0.5, 0.6) is 11.5 Å². The van der Waals surface area contributed by atoms with Crippen LogP contribution in [0.3, 0.4) is 0 Å². The number of anilines is 1. The number of carbonyl (C=O) groups is 1. The van der Waals surface area contributed by atoms with Crippen molar-refractivity contribution < 1.29 is 14.3 Å². The highest BCUT2D eigenvalue weighted by Gasteiger charge is 2.11. The van der Waals surface area contributed by atoms with Gasteiger partial charge in [0.25, 0.3) is 5.91 Å². The Labute approximate surface area is 132 Å². The first-order valence-corrected chi connectivity index (χ1v) is 7.31.